The Labute approximate surface area is 136 Å². The summed E-state index contributed by atoms with van der Waals surface area (Å²) in [7, 11) is 0. The molecule has 3 saturated heterocycles. The summed E-state index contributed by atoms with van der Waals surface area (Å²) in [5.74, 6) is 0.475. The van der Waals surface area contributed by atoms with Crippen LogP contribution < -0.4 is 5.32 Å². The van der Waals surface area contributed by atoms with Gasteiger partial charge < -0.3 is 15.4 Å². The van der Waals surface area contributed by atoms with Gasteiger partial charge in [0, 0.05) is 44.2 Å². The lowest BCUT2D eigenvalue weighted by molar-refractivity contribution is -0.159. The summed E-state index contributed by atoms with van der Waals surface area (Å²) in [6.07, 6.45) is 5.43. The number of unbranched alkanes of at least 4 members (excludes halogenated alkanes) is 1. The Kier molecular flexibility index (Phi) is 8.98. The summed E-state index contributed by atoms with van der Waals surface area (Å²) in [5, 5.41) is 13.9. The summed E-state index contributed by atoms with van der Waals surface area (Å²) in [6.45, 7) is 11.6. The first-order valence-corrected chi connectivity index (χ1v) is 9.14. The van der Waals surface area contributed by atoms with E-state index in [1.165, 1.54) is 24.3 Å². The first kappa shape index (κ1) is 19.4. The third-order valence-electron chi connectivity index (χ3n) is 4.67. The molecule has 3 rings (SSSR count). The number of nitrogens with one attached hydrogen (secondary N) is 1. The number of hydroxylamine groups is 2. The van der Waals surface area contributed by atoms with E-state index in [9.17, 15) is 10.0 Å². The highest BCUT2D eigenvalue weighted by Gasteiger charge is 2.46. The zero-order valence-electron chi connectivity index (χ0n) is 14.8. The van der Waals surface area contributed by atoms with E-state index in [1.54, 1.807) is 0 Å². The maximum atomic E-state index is 12.3. The molecule has 3 aliphatic rings. The van der Waals surface area contributed by atoms with E-state index in [4.69, 9.17) is 0 Å². The average Bonchev–Trinajstić information content (AvgIpc) is 2.58. The molecule has 0 aromatic heterocycles. The van der Waals surface area contributed by atoms with Crippen LogP contribution in [0.25, 0.3) is 0 Å². The van der Waals surface area contributed by atoms with Gasteiger partial charge in [-0.2, -0.15) is 5.06 Å². The van der Waals surface area contributed by atoms with Gasteiger partial charge in [0.05, 0.1) is 0 Å². The van der Waals surface area contributed by atoms with Crippen LogP contribution in [0.2, 0.25) is 0 Å². The normalized spacial score (nSPS) is 27.8. The van der Waals surface area contributed by atoms with Gasteiger partial charge in [-0.3, -0.25) is 4.79 Å². The van der Waals surface area contributed by atoms with Crippen LogP contribution in [0, 0.1) is 5.92 Å². The van der Waals surface area contributed by atoms with E-state index < -0.39 is 0 Å². The molecule has 3 fully saturated rings. The van der Waals surface area contributed by atoms with E-state index in [0.29, 0.717) is 31.1 Å². The van der Waals surface area contributed by atoms with Gasteiger partial charge >= 0.3 is 0 Å². The highest BCUT2D eigenvalue weighted by atomic mass is 16.5. The molecular formula is C17H35N3O2. The Morgan fingerprint density at radius 3 is 2.00 bits per heavy atom. The van der Waals surface area contributed by atoms with Crippen molar-refractivity contribution < 1.29 is 10.0 Å². The van der Waals surface area contributed by atoms with Crippen LogP contribution in [0.3, 0.4) is 0 Å². The number of carbonyl (C=O) groups is 1. The molecule has 22 heavy (non-hydrogen) atoms. The largest absolute Gasteiger partial charge is 0.334 e. The van der Waals surface area contributed by atoms with Crippen molar-refractivity contribution in [2.45, 2.75) is 71.9 Å². The minimum Gasteiger partial charge on any atom is -0.334 e. The summed E-state index contributed by atoms with van der Waals surface area (Å²) >= 11 is 0. The molecule has 0 spiro atoms. The summed E-state index contributed by atoms with van der Waals surface area (Å²) in [4.78, 5) is 14.4. The Morgan fingerprint density at radius 2 is 1.59 bits per heavy atom. The van der Waals surface area contributed by atoms with Gasteiger partial charge in [0.25, 0.3) is 0 Å². The van der Waals surface area contributed by atoms with Crippen molar-refractivity contribution in [3.63, 3.8) is 0 Å². The maximum Gasteiger partial charge on any atom is 0.226 e. The molecule has 5 heteroatoms. The molecule has 0 aliphatic carbocycles. The first-order chi connectivity index (χ1) is 10.7. The number of rotatable bonds is 2. The fourth-order valence-corrected chi connectivity index (χ4v) is 3.16. The van der Waals surface area contributed by atoms with Crippen molar-refractivity contribution in [1.29, 1.82) is 0 Å². The van der Waals surface area contributed by atoms with E-state index in [-0.39, 0.29) is 5.92 Å². The molecule has 0 aromatic rings. The Morgan fingerprint density at radius 1 is 1.09 bits per heavy atom. The van der Waals surface area contributed by atoms with Crippen molar-refractivity contribution in [3.8, 4) is 0 Å². The smallest absolute Gasteiger partial charge is 0.226 e. The van der Waals surface area contributed by atoms with Gasteiger partial charge in [-0.25, -0.2) is 0 Å². The highest BCUT2D eigenvalue weighted by molar-refractivity contribution is 5.80. The second-order valence-corrected chi connectivity index (χ2v) is 6.18. The topological polar surface area (TPSA) is 55.8 Å². The quantitative estimate of drug-likeness (QED) is 0.822. The Balaban J connectivity index is 0.000000354. The average molecular weight is 313 g/mol. The second-order valence-electron chi connectivity index (χ2n) is 6.18. The van der Waals surface area contributed by atoms with Crippen molar-refractivity contribution in [2.75, 3.05) is 26.2 Å². The molecule has 2 unspecified atom stereocenters. The molecule has 2 atom stereocenters. The third kappa shape index (κ3) is 4.93. The van der Waals surface area contributed by atoms with Crippen molar-refractivity contribution in [2.24, 2.45) is 5.92 Å². The minimum atomic E-state index is 0.145. The number of nitrogens with zero attached hydrogens (tertiary/aromatic N) is 2. The van der Waals surface area contributed by atoms with E-state index in [0.717, 1.165) is 25.9 Å². The molecule has 0 radical (unpaired) electrons. The number of piperazine rings is 1. The third-order valence-corrected chi connectivity index (χ3v) is 4.67. The minimum absolute atomic E-state index is 0.145. The van der Waals surface area contributed by atoms with Crippen LogP contribution in [-0.4, -0.2) is 59.3 Å². The number of fused-ring (bicyclic) bond motifs is 2. The number of hydrogen-bond donors (Lipinski definition) is 2. The Bertz CT molecular complexity index is 301. The first-order valence-electron chi connectivity index (χ1n) is 9.14. The number of hydrogen-bond acceptors (Lipinski definition) is 4. The van der Waals surface area contributed by atoms with Gasteiger partial charge in [0.1, 0.15) is 0 Å². The zero-order chi connectivity index (χ0) is 16.5. The summed E-state index contributed by atoms with van der Waals surface area (Å²) in [5.41, 5.74) is 0. The lowest BCUT2D eigenvalue weighted by atomic mass is 9.85. The molecule has 5 nitrogen and oxygen atoms in total. The lowest BCUT2D eigenvalue weighted by Gasteiger charge is -2.54. The molecule has 2 N–H and O–H groups in total. The van der Waals surface area contributed by atoms with Gasteiger partial charge in [-0.1, -0.05) is 40.5 Å². The Hall–Kier alpha value is -0.650. The molecular weight excluding hydrogens is 278 g/mol. The van der Waals surface area contributed by atoms with Crippen LogP contribution in [0.4, 0.5) is 0 Å². The summed E-state index contributed by atoms with van der Waals surface area (Å²) in [6, 6.07) is 0.886. The van der Waals surface area contributed by atoms with Crippen LogP contribution in [0.5, 0.6) is 0 Å². The lowest BCUT2D eigenvalue weighted by Crippen LogP contribution is -2.70. The van der Waals surface area contributed by atoms with Crippen molar-refractivity contribution in [1.82, 2.24) is 15.3 Å². The van der Waals surface area contributed by atoms with Gasteiger partial charge in [0.15, 0.2) is 0 Å². The number of amides is 1. The van der Waals surface area contributed by atoms with Crippen molar-refractivity contribution in [3.05, 3.63) is 0 Å². The predicted octanol–water partition coefficient (Wildman–Crippen LogP) is 2.49. The van der Waals surface area contributed by atoms with Gasteiger partial charge in [-0.15, -0.1) is 0 Å². The second kappa shape index (κ2) is 10.2. The molecule has 1 amide bonds. The van der Waals surface area contributed by atoms with Gasteiger partial charge in [-0.05, 0) is 19.3 Å². The van der Waals surface area contributed by atoms with Crippen LogP contribution in [0.15, 0.2) is 0 Å². The van der Waals surface area contributed by atoms with Crippen LogP contribution in [-0.2, 0) is 4.79 Å². The molecule has 0 saturated carbocycles. The monoisotopic (exact) mass is 313 g/mol. The number of carbonyl (C=O) groups excluding carboxylic acids is 1. The van der Waals surface area contributed by atoms with Crippen molar-refractivity contribution >= 4 is 5.91 Å². The standard InChI is InChI=1S/C11H19N3O2.C4H10.C2H6/c15-11(8-1-3-13(16)4-2-8)14-9-5-10(14)7-12-6-9;1-3-4-2;1-2/h8-10,12,16H,1-7H2;3-4H2,1-2H3;1-2H3. The zero-order valence-corrected chi connectivity index (χ0v) is 14.8. The highest BCUT2D eigenvalue weighted by Crippen LogP contribution is 2.32. The maximum absolute atomic E-state index is 12.3. The number of piperidine rings is 2. The fraction of sp³-hybridized carbons (Fsp3) is 0.941. The van der Waals surface area contributed by atoms with Gasteiger partial charge in [0.2, 0.25) is 5.91 Å². The van der Waals surface area contributed by atoms with E-state index >= 15 is 0 Å². The molecule has 3 aliphatic heterocycles. The molecule has 130 valence electrons. The van der Waals surface area contributed by atoms with Crippen LogP contribution >= 0.6 is 0 Å². The summed E-state index contributed by atoms with van der Waals surface area (Å²) < 4.78 is 0. The molecule has 2 bridgehead atoms. The van der Waals surface area contributed by atoms with E-state index in [2.05, 4.69) is 24.1 Å². The SMILES string of the molecule is CC.CCCC.O=C(C1CCN(O)CC1)N1C2CNCC1C2. The fourth-order valence-electron chi connectivity index (χ4n) is 3.16. The molecule has 3 heterocycles. The molecule has 0 aromatic carbocycles. The van der Waals surface area contributed by atoms with E-state index in [1.807, 2.05) is 13.8 Å². The van der Waals surface area contributed by atoms with Crippen LogP contribution in [0.1, 0.15) is 59.8 Å². The predicted molar refractivity (Wildman–Crippen MR) is 89.9 cm³/mol.